The zero-order valence-corrected chi connectivity index (χ0v) is 13.5. The third kappa shape index (κ3) is 3.06. The first kappa shape index (κ1) is 14.0. The molecule has 0 N–H and O–H groups in total. The van der Waals surface area contributed by atoms with E-state index in [1.807, 2.05) is 24.3 Å². The normalized spacial score (nSPS) is 10.4. The molecule has 1 aromatic heterocycles. The molecule has 0 bridgehead atoms. The van der Waals surface area contributed by atoms with E-state index in [0.29, 0.717) is 0 Å². The highest BCUT2D eigenvalue weighted by Gasteiger charge is 2.17. The number of benzene rings is 2. The van der Waals surface area contributed by atoms with Crippen LogP contribution in [0.5, 0.6) is 11.5 Å². The molecule has 106 valence electrons. The smallest absolute Gasteiger partial charge is 0.301 e. The van der Waals surface area contributed by atoms with Crippen molar-refractivity contribution in [2.45, 2.75) is 0 Å². The number of hydrogen-bond donors (Lipinski definition) is 0. The van der Waals surface area contributed by atoms with Gasteiger partial charge in [0.25, 0.3) is 4.88 Å². The van der Waals surface area contributed by atoms with Crippen LogP contribution < -0.4 is 9.47 Å². The highest BCUT2D eigenvalue weighted by Crippen LogP contribution is 2.38. The van der Waals surface area contributed by atoms with Crippen molar-refractivity contribution in [3.05, 3.63) is 54.6 Å². The van der Waals surface area contributed by atoms with Crippen LogP contribution in [-0.2, 0) is 0 Å². The van der Waals surface area contributed by atoms with Crippen LogP contribution in [0, 0.1) is 0 Å². The molecular weight excluding hydrogens is 300 g/mol. The summed E-state index contributed by atoms with van der Waals surface area (Å²) in [6.07, 6.45) is 0. The molecule has 0 amide bonds. The lowest BCUT2D eigenvalue weighted by molar-refractivity contribution is 0.415. The van der Waals surface area contributed by atoms with Crippen molar-refractivity contribution >= 4 is 20.7 Å². The van der Waals surface area contributed by atoms with Crippen LogP contribution in [0.15, 0.2) is 54.6 Å². The summed E-state index contributed by atoms with van der Waals surface area (Å²) in [4.78, 5) is 2.54. The van der Waals surface area contributed by atoms with Gasteiger partial charge in [-0.1, -0.05) is 0 Å². The predicted octanol–water partition coefficient (Wildman–Crippen LogP) is 5.44. The van der Waals surface area contributed by atoms with E-state index < -0.39 is 0 Å². The minimum atomic E-state index is 0.884. The number of ether oxygens (including phenoxy) is 2. The zero-order valence-electron chi connectivity index (χ0n) is 11.8. The SMILES string of the molecule is COc1ccc(-c2cc(-c3ccc(OC)cc3)[s+]s2)cc1. The van der Waals surface area contributed by atoms with Crippen LogP contribution >= 0.6 is 20.7 Å². The Labute approximate surface area is 131 Å². The lowest BCUT2D eigenvalue weighted by Crippen LogP contribution is -1.81. The summed E-state index contributed by atoms with van der Waals surface area (Å²) >= 11 is 0. The fourth-order valence-corrected chi connectivity index (χ4v) is 4.49. The summed E-state index contributed by atoms with van der Waals surface area (Å²) in [5.41, 5.74) is 2.44. The Morgan fingerprint density at radius 3 is 1.81 bits per heavy atom. The average molecular weight is 315 g/mol. The van der Waals surface area contributed by atoms with Crippen LogP contribution in [0.1, 0.15) is 0 Å². The van der Waals surface area contributed by atoms with E-state index in [1.165, 1.54) is 20.9 Å². The maximum Gasteiger partial charge on any atom is 0.301 e. The molecule has 2 aromatic carbocycles. The van der Waals surface area contributed by atoms with E-state index in [9.17, 15) is 0 Å². The van der Waals surface area contributed by atoms with Crippen LogP contribution in [0.4, 0.5) is 0 Å². The number of hydrogen-bond acceptors (Lipinski definition) is 3. The van der Waals surface area contributed by atoms with E-state index in [-0.39, 0.29) is 0 Å². The van der Waals surface area contributed by atoms with E-state index in [0.717, 1.165) is 11.5 Å². The Kier molecular flexibility index (Phi) is 4.18. The molecular formula is C17H15O2S2+. The Morgan fingerprint density at radius 2 is 1.29 bits per heavy atom. The van der Waals surface area contributed by atoms with Gasteiger partial charge in [0.1, 0.15) is 11.5 Å². The van der Waals surface area contributed by atoms with Gasteiger partial charge in [-0.2, -0.15) is 0 Å². The lowest BCUT2D eigenvalue weighted by Gasteiger charge is -1.99. The first-order chi connectivity index (χ1) is 10.3. The summed E-state index contributed by atoms with van der Waals surface area (Å²) < 4.78 is 10.4. The standard InChI is InChI=1S/C17H15O2S2/c1-18-14-7-3-12(4-8-14)16-11-17(21-20-16)13-5-9-15(19-2)10-6-13/h3-11H,1-2H3/q+1. The average Bonchev–Trinajstić information content (AvgIpc) is 3.05. The van der Waals surface area contributed by atoms with Gasteiger partial charge in [0.15, 0.2) is 10.3 Å². The van der Waals surface area contributed by atoms with Crippen LogP contribution in [-0.4, -0.2) is 14.2 Å². The minimum absolute atomic E-state index is 0.884. The number of rotatable bonds is 4. The number of methoxy groups -OCH3 is 2. The Bertz CT molecular complexity index is 653. The molecule has 0 fully saturated rings. The molecule has 4 heteroatoms. The van der Waals surface area contributed by atoms with Gasteiger partial charge in [0.05, 0.1) is 19.1 Å². The van der Waals surface area contributed by atoms with Crippen molar-refractivity contribution in [3.8, 4) is 32.4 Å². The van der Waals surface area contributed by atoms with Gasteiger partial charge in [-0.15, -0.1) is 0 Å². The summed E-state index contributed by atoms with van der Waals surface area (Å²) in [6, 6.07) is 18.6. The van der Waals surface area contributed by atoms with Crippen molar-refractivity contribution in [2.75, 3.05) is 14.2 Å². The van der Waals surface area contributed by atoms with Crippen LogP contribution in [0.25, 0.3) is 20.9 Å². The molecule has 0 saturated carbocycles. The first-order valence-corrected chi connectivity index (χ1v) is 8.67. The topological polar surface area (TPSA) is 18.5 Å². The molecule has 0 spiro atoms. The largest absolute Gasteiger partial charge is 0.497 e. The minimum Gasteiger partial charge on any atom is -0.497 e. The fourth-order valence-electron chi connectivity index (χ4n) is 2.03. The van der Waals surface area contributed by atoms with Crippen molar-refractivity contribution < 1.29 is 9.47 Å². The maximum absolute atomic E-state index is 5.20. The van der Waals surface area contributed by atoms with Crippen LogP contribution in [0.3, 0.4) is 0 Å². The van der Waals surface area contributed by atoms with Crippen molar-refractivity contribution in [1.82, 2.24) is 0 Å². The fraction of sp³-hybridized carbons (Fsp3) is 0.118. The summed E-state index contributed by atoms with van der Waals surface area (Å²) in [5.74, 6) is 1.77. The maximum atomic E-state index is 5.20. The molecule has 0 aliphatic carbocycles. The second kappa shape index (κ2) is 6.24. The second-order valence-electron chi connectivity index (χ2n) is 4.50. The molecule has 0 radical (unpaired) electrons. The summed E-state index contributed by atoms with van der Waals surface area (Å²) in [5, 5.41) is 0. The second-order valence-corrected chi connectivity index (χ2v) is 6.71. The molecule has 0 aliphatic heterocycles. The van der Waals surface area contributed by atoms with Gasteiger partial charge >= 0.3 is 10.3 Å². The molecule has 0 saturated heterocycles. The summed E-state index contributed by atoms with van der Waals surface area (Å²) in [7, 11) is 6.95. The molecule has 1 heterocycles. The van der Waals surface area contributed by atoms with Gasteiger partial charge in [-0.05, 0) is 54.1 Å². The van der Waals surface area contributed by atoms with Crippen LogP contribution in [0.2, 0.25) is 0 Å². The first-order valence-electron chi connectivity index (χ1n) is 6.52. The van der Waals surface area contributed by atoms with Crippen molar-refractivity contribution in [3.63, 3.8) is 0 Å². The molecule has 3 rings (SSSR count). The Morgan fingerprint density at radius 1 is 0.762 bits per heavy atom. The van der Waals surface area contributed by atoms with E-state index >= 15 is 0 Å². The quantitative estimate of drug-likeness (QED) is 0.471. The highest BCUT2D eigenvalue weighted by atomic mass is 32.9. The Balaban J connectivity index is 1.87. The molecule has 21 heavy (non-hydrogen) atoms. The van der Waals surface area contributed by atoms with Gasteiger partial charge in [-0.3, -0.25) is 0 Å². The molecule has 0 unspecified atom stereocenters. The molecule has 0 aliphatic rings. The van der Waals surface area contributed by atoms with Gasteiger partial charge < -0.3 is 9.47 Å². The summed E-state index contributed by atoms with van der Waals surface area (Å²) in [6.45, 7) is 0. The zero-order chi connectivity index (χ0) is 14.7. The van der Waals surface area contributed by atoms with E-state index in [2.05, 4.69) is 30.3 Å². The lowest BCUT2D eigenvalue weighted by atomic mass is 10.1. The highest BCUT2D eigenvalue weighted by molar-refractivity contribution is 7.72. The third-order valence-corrected chi connectivity index (χ3v) is 5.71. The third-order valence-electron chi connectivity index (χ3n) is 3.23. The predicted molar refractivity (Wildman–Crippen MR) is 90.6 cm³/mol. The van der Waals surface area contributed by atoms with Gasteiger partial charge in [-0.25, -0.2) is 0 Å². The molecule has 3 aromatic rings. The van der Waals surface area contributed by atoms with Crippen molar-refractivity contribution in [1.29, 1.82) is 0 Å². The van der Waals surface area contributed by atoms with Gasteiger partial charge in [0, 0.05) is 11.6 Å². The van der Waals surface area contributed by atoms with Gasteiger partial charge in [0.2, 0.25) is 0 Å². The monoisotopic (exact) mass is 315 g/mol. The van der Waals surface area contributed by atoms with E-state index in [4.69, 9.17) is 9.47 Å². The molecule has 2 nitrogen and oxygen atoms in total. The Hall–Kier alpha value is -1.91. The molecule has 0 atom stereocenters. The van der Waals surface area contributed by atoms with E-state index in [1.54, 1.807) is 34.9 Å². The van der Waals surface area contributed by atoms with Crippen molar-refractivity contribution in [2.24, 2.45) is 0 Å².